The molecule has 0 saturated carbocycles. The Bertz CT molecular complexity index is 1290. The van der Waals surface area contributed by atoms with Gasteiger partial charge in [0.05, 0.1) is 36.3 Å². The van der Waals surface area contributed by atoms with Crippen LogP contribution >= 0.6 is 11.6 Å². The summed E-state index contributed by atoms with van der Waals surface area (Å²) in [6.45, 7) is 0. The number of hydrogen-bond donors (Lipinski definition) is 6. The Balaban J connectivity index is 1.72. The van der Waals surface area contributed by atoms with Crippen LogP contribution in [-0.4, -0.2) is 29.2 Å². The summed E-state index contributed by atoms with van der Waals surface area (Å²) in [5.74, 6) is 1.78. The van der Waals surface area contributed by atoms with Crippen LogP contribution in [0.15, 0.2) is 54.6 Å². The van der Waals surface area contributed by atoms with Gasteiger partial charge < -0.3 is 42.6 Å². The summed E-state index contributed by atoms with van der Waals surface area (Å²) in [6.07, 6.45) is 0. The third-order valence-electron chi connectivity index (χ3n) is 4.83. The van der Waals surface area contributed by atoms with Crippen LogP contribution in [0.5, 0.6) is 11.5 Å². The van der Waals surface area contributed by atoms with E-state index in [0.29, 0.717) is 50.6 Å². The first-order valence-corrected chi connectivity index (χ1v) is 10.7. The van der Waals surface area contributed by atoms with Crippen LogP contribution in [0.4, 0.5) is 52.0 Å². The summed E-state index contributed by atoms with van der Waals surface area (Å²) < 4.78 is 10.8. The summed E-state index contributed by atoms with van der Waals surface area (Å²) in [5.41, 5.74) is 21.1. The summed E-state index contributed by atoms with van der Waals surface area (Å²) in [5, 5.41) is 9.85. The number of aromatic nitrogens is 3. The zero-order chi connectivity index (χ0) is 24.9. The molecule has 0 spiro atoms. The number of hydrogen-bond acceptors (Lipinski definition) is 11. The molecule has 0 saturated heterocycles. The van der Waals surface area contributed by atoms with E-state index in [1.807, 2.05) is 0 Å². The van der Waals surface area contributed by atoms with E-state index in [4.69, 9.17) is 38.3 Å². The first kappa shape index (κ1) is 23.5. The number of nitrogen functional groups attached to an aromatic ring is 3. The standard InChI is InChI=1S/C23H24ClN9O2/c1-34-19-9-12(25)3-7-17(19)29-22-31-21(28-14-5-6-15(24)16(27)11-14)32-23(33-22)30-18-8-4-13(26)10-20(18)35-2/h3-11H,25-27H2,1-2H3,(H3,28,29,30,31,32,33). The highest BCUT2D eigenvalue weighted by Crippen LogP contribution is 2.32. The van der Waals surface area contributed by atoms with Crippen molar-refractivity contribution >= 4 is 63.6 Å². The largest absolute Gasteiger partial charge is 0.494 e. The molecular formula is C23H24ClN9O2. The Morgan fingerprint density at radius 3 is 1.60 bits per heavy atom. The fourth-order valence-corrected chi connectivity index (χ4v) is 3.27. The molecule has 4 aromatic rings. The fourth-order valence-electron chi connectivity index (χ4n) is 3.16. The van der Waals surface area contributed by atoms with Gasteiger partial charge in [0.2, 0.25) is 17.8 Å². The van der Waals surface area contributed by atoms with Crippen LogP contribution in [0.3, 0.4) is 0 Å². The number of nitrogens with one attached hydrogen (secondary N) is 3. The lowest BCUT2D eigenvalue weighted by Gasteiger charge is -2.15. The van der Waals surface area contributed by atoms with Gasteiger partial charge in [0, 0.05) is 29.2 Å². The molecule has 9 N–H and O–H groups in total. The van der Waals surface area contributed by atoms with Gasteiger partial charge in [-0.3, -0.25) is 0 Å². The Morgan fingerprint density at radius 1 is 0.657 bits per heavy atom. The molecule has 0 bridgehead atoms. The Morgan fingerprint density at radius 2 is 1.14 bits per heavy atom. The van der Waals surface area contributed by atoms with Crippen molar-refractivity contribution in [2.45, 2.75) is 0 Å². The van der Waals surface area contributed by atoms with Crippen LogP contribution in [0, 0.1) is 0 Å². The molecule has 0 aliphatic carbocycles. The molecule has 0 amide bonds. The molecule has 3 aromatic carbocycles. The van der Waals surface area contributed by atoms with Gasteiger partial charge in [-0.05, 0) is 42.5 Å². The lowest BCUT2D eigenvalue weighted by molar-refractivity contribution is 0.417. The van der Waals surface area contributed by atoms with E-state index >= 15 is 0 Å². The highest BCUT2D eigenvalue weighted by Gasteiger charge is 2.13. The van der Waals surface area contributed by atoms with E-state index in [9.17, 15) is 0 Å². The average Bonchev–Trinajstić information content (AvgIpc) is 2.83. The van der Waals surface area contributed by atoms with Crippen LogP contribution < -0.4 is 42.6 Å². The topological polar surface area (TPSA) is 171 Å². The van der Waals surface area contributed by atoms with Gasteiger partial charge in [0.1, 0.15) is 11.5 Å². The van der Waals surface area contributed by atoms with Gasteiger partial charge in [-0.15, -0.1) is 0 Å². The Hall–Kier alpha value is -4.64. The summed E-state index contributed by atoms with van der Waals surface area (Å²) in [6, 6.07) is 15.5. The van der Waals surface area contributed by atoms with Crippen molar-refractivity contribution < 1.29 is 9.47 Å². The van der Waals surface area contributed by atoms with Crippen molar-refractivity contribution in [1.29, 1.82) is 0 Å². The second-order valence-electron chi connectivity index (χ2n) is 7.34. The first-order valence-electron chi connectivity index (χ1n) is 10.3. The molecule has 0 unspecified atom stereocenters. The van der Waals surface area contributed by atoms with Crippen LogP contribution in [0.2, 0.25) is 5.02 Å². The summed E-state index contributed by atoms with van der Waals surface area (Å²) in [7, 11) is 3.09. The maximum absolute atomic E-state index is 6.04. The second kappa shape index (κ2) is 10.1. The van der Waals surface area contributed by atoms with Crippen LogP contribution in [0.25, 0.3) is 0 Å². The van der Waals surface area contributed by atoms with E-state index in [-0.39, 0.29) is 17.8 Å². The molecule has 0 fully saturated rings. The zero-order valence-corrected chi connectivity index (χ0v) is 19.7. The molecule has 4 rings (SSSR count). The number of nitrogens with zero attached hydrogens (tertiary/aromatic N) is 3. The summed E-state index contributed by atoms with van der Waals surface area (Å²) >= 11 is 6.04. The lowest BCUT2D eigenvalue weighted by atomic mass is 10.2. The smallest absolute Gasteiger partial charge is 0.233 e. The number of anilines is 9. The molecule has 1 aromatic heterocycles. The van der Waals surface area contributed by atoms with E-state index in [0.717, 1.165) is 0 Å². The van der Waals surface area contributed by atoms with Crippen molar-refractivity contribution in [2.75, 3.05) is 47.4 Å². The monoisotopic (exact) mass is 493 g/mol. The third-order valence-corrected chi connectivity index (χ3v) is 5.18. The van der Waals surface area contributed by atoms with E-state index in [1.54, 1.807) is 68.8 Å². The molecule has 12 heteroatoms. The Labute approximate surface area is 206 Å². The number of nitrogens with two attached hydrogens (primary N) is 3. The van der Waals surface area contributed by atoms with Gasteiger partial charge in [-0.25, -0.2) is 0 Å². The minimum Gasteiger partial charge on any atom is -0.494 e. The molecule has 180 valence electrons. The quantitative estimate of drug-likeness (QED) is 0.190. The lowest BCUT2D eigenvalue weighted by Crippen LogP contribution is -2.08. The molecule has 0 aliphatic rings. The number of benzene rings is 3. The van der Waals surface area contributed by atoms with E-state index in [1.165, 1.54) is 0 Å². The van der Waals surface area contributed by atoms with Gasteiger partial charge in [0.25, 0.3) is 0 Å². The highest BCUT2D eigenvalue weighted by molar-refractivity contribution is 6.33. The third kappa shape index (κ3) is 5.65. The molecular weight excluding hydrogens is 470 g/mol. The van der Waals surface area contributed by atoms with Crippen molar-refractivity contribution in [3.05, 3.63) is 59.6 Å². The van der Waals surface area contributed by atoms with Crippen molar-refractivity contribution in [3.8, 4) is 11.5 Å². The highest BCUT2D eigenvalue weighted by atomic mass is 35.5. The fraction of sp³-hybridized carbons (Fsp3) is 0.0870. The van der Waals surface area contributed by atoms with Gasteiger partial charge in [0.15, 0.2) is 0 Å². The molecule has 0 aliphatic heterocycles. The van der Waals surface area contributed by atoms with Gasteiger partial charge >= 0.3 is 0 Å². The number of ether oxygens (including phenoxy) is 2. The number of halogens is 1. The van der Waals surface area contributed by atoms with Crippen molar-refractivity contribution in [1.82, 2.24) is 15.0 Å². The minimum atomic E-state index is 0.240. The van der Waals surface area contributed by atoms with E-state index in [2.05, 4.69) is 30.9 Å². The first-order chi connectivity index (χ1) is 16.8. The normalized spacial score (nSPS) is 10.5. The summed E-state index contributed by atoms with van der Waals surface area (Å²) in [4.78, 5) is 13.4. The maximum Gasteiger partial charge on any atom is 0.233 e. The molecule has 0 radical (unpaired) electrons. The SMILES string of the molecule is COc1cc(N)ccc1Nc1nc(Nc2ccc(Cl)c(N)c2)nc(Nc2ccc(N)cc2OC)n1. The van der Waals surface area contributed by atoms with Gasteiger partial charge in [-0.2, -0.15) is 15.0 Å². The van der Waals surface area contributed by atoms with Crippen LogP contribution in [0.1, 0.15) is 0 Å². The molecule has 1 heterocycles. The average molecular weight is 494 g/mol. The molecule has 35 heavy (non-hydrogen) atoms. The maximum atomic E-state index is 6.04. The predicted octanol–water partition coefficient (Wildman–Crippen LogP) is 4.52. The van der Waals surface area contributed by atoms with E-state index < -0.39 is 0 Å². The Kier molecular flexibility index (Phi) is 6.78. The predicted molar refractivity (Wildman–Crippen MR) is 140 cm³/mol. The van der Waals surface area contributed by atoms with Crippen molar-refractivity contribution in [3.63, 3.8) is 0 Å². The zero-order valence-electron chi connectivity index (χ0n) is 19.0. The minimum absolute atomic E-state index is 0.240. The number of rotatable bonds is 8. The van der Waals surface area contributed by atoms with Gasteiger partial charge in [-0.1, -0.05) is 11.6 Å². The molecule has 0 atom stereocenters. The van der Waals surface area contributed by atoms with Crippen molar-refractivity contribution in [2.24, 2.45) is 0 Å². The van der Waals surface area contributed by atoms with Crippen LogP contribution in [-0.2, 0) is 0 Å². The number of methoxy groups -OCH3 is 2. The molecule has 11 nitrogen and oxygen atoms in total. The second-order valence-corrected chi connectivity index (χ2v) is 7.74.